The molecule has 0 unspecified atom stereocenters. The summed E-state index contributed by atoms with van der Waals surface area (Å²) in [5.41, 5.74) is 1.79. The van der Waals surface area contributed by atoms with Gasteiger partial charge in [0.15, 0.2) is 11.5 Å². The molecule has 0 saturated heterocycles. The van der Waals surface area contributed by atoms with E-state index in [1.165, 1.54) is 7.11 Å². The molecule has 0 saturated carbocycles. The summed E-state index contributed by atoms with van der Waals surface area (Å²) >= 11 is 9.47. The molecule has 0 aliphatic carbocycles. The Morgan fingerprint density at radius 3 is 2.68 bits per heavy atom. The van der Waals surface area contributed by atoms with Gasteiger partial charge in [-0.15, -0.1) is 0 Å². The van der Waals surface area contributed by atoms with Gasteiger partial charge in [0.2, 0.25) is 0 Å². The summed E-state index contributed by atoms with van der Waals surface area (Å²) in [5, 5.41) is 13.6. The van der Waals surface area contributed by atoms with Crippen LogP contribution >= 0.6 is 27.5 Å². The van der Waals surface area contributed by atoms with E-state index in [0.717, 1.165) is 15.7 Å². The molecule has 0 spiro atoms. The van der Waals surface area contributed by atoms with Crippen molar-refractivity contribution in [1.29, 1.82) is 0 Å². The first kappa shape index (κ1) is 14.0. The Labute approximate surface area is 125 Å². The number of halogens is 2. The lowest BCUT2D eigenvalue weighted by molar-refractivity contribution is 0.373. The highest BCUT2D eigenvalue weighted by Gasteiger charge is 2.04. The second-order valence-electron chi connectivity index (χ2n) is 3.98. The highest BCUT2D eigenvalue weighted by atomic mass is 79.9. The number of nitrogens with one attached hydrogen (secondary N) is 1. The highest BCUT2D eigenvalue weighted by Crippen LogP contribution is 2.28. The predicted molar refractivity (Wildman–Crippen MR) is 81.1 cm³/mol. The van der Waals surface area contributed by atoms with Gasteiger partial charge in [-0.25, -0.2) is 0 Å². The van der Waals surface area contributed by atoms with E-state index in [1.54, 1.807) is 12.1 Å². The van der Waals surface area contributed by atoms with Crippen LogP contribution in [-0.2, 0) is 6.54 Å². The molecule has 2 N–H and O–H groups in total. The SMILES string of the molecule is COc1ccc(CNc2ccc(Br)cc2Cl)cc1O. The fourth-order valence-electron chi connectivity index (χ4n) is 1.68. The summed E-state index contributed by atoms with van der Waals surface area (Å²) in [5.74, 6) is 0.592. The van der Waals surface area contributed by atoms with E-state index >= 15 is 0 Å². The number of methoxy groups -OCH3 is 1. The zero-order chi connectivity index (χ0) is 13.8. The summed E-state index contributed by atoms with van der Waals surface area (Å²) in [7, 11) is 1.52. The second kappa shape index (κ2) is 6.17. The molecule has 0 atom stereocenters. The monoisotopic (exact) mass is 341 g/mol. The third-order valence-electron chi connectivity index (χ3n) is 2.66. The molecule has 100 valence electrons. The molecule has 3 nitrogen and oxygen atoms in total. The average Bonchev–Trinajstić information content (AvgIpc) is 2.38. The third-order valence-corrected chi connectivity index (χ3v) is 3.46. The summed E-state index contributed by atoms with van der Waals surface area (Å²) in [6.45, 7) is 0.568. The van der Waals surface area contributed by atoms with E-state index in [2.05, 4.69) is 21.2 Å². The number of aromatic hydroxyl groups is 1. The number of hydrogen-bond acceptors (Lipinski definition) is 3. The molecule has 0 aliphatic heterocycles. The van der Waals surface area contributed by atoms with Gasteiger partial charge in [0, 0.05) is 11.0 Å². The van der Waals surface area contributed by atoms with E-state index in [-0.39, 0.29) is 5.75 Å². The number of ether oxygens (including phenoxy) is 1. The maximum Gasteiger partial charge on any atom is 0.160 e. The van der Waals surface area contributed by atoms with Gasteiger partial charge >= 0.3 is 0 Å². The van der Waals surface area contributed by atoms with Crippen molar-refractivity contribution in [2.24, 2.45) is 0 Å². The molecule has 0 aromatic heterocycles. The van der Waals surface area contributed by atoms with Gasteiger partial charge in [0.05, 0.1) is 17.8 Å². The fourth-order valence-corrected chi connectivity index (χ4v) is 2.42. The summed E-state index contributed by atoms with van der Waals surface area (Å²) < 4.78 is 5.93. The van der Waals surface area contributed by atoms with Gasteiger partial charge < -0.3 is 15.2 Å². The molecular formula is C14H13BrClNO2. The smallest absolute Gasteiger partial charge is 0.160 e. The Bertz CT molecular complexity index is 590. The number of anilines is 1. The van der Waals surface area contributed by atoms with Gasteiger partial charge in [-0.2, -0.15) is 0 Å². The molecular weight excluding hydrogens is 330 g/mol. The van der Waals surface area contributed by atoms with E-state index < -0.39 is 0 Å². The van der Waals surface area contributed by atoms with Crippen molar-refractivity contribution in [3.05, 3.63) is 51.5 Å². The van der Waals surface area contributed by atoms with Gasteiger partial charge in [0.1, 0.15) is 0 Å². The van der Waals surface area contributed by atoms with E-state index in [1.807, 2.05) is 24.3 Å². The number of phenols is 1. The molecule has 2 aromatic rings. The molecule has 2 aromatic carbocycles. The molecule has 0 amide bonds. The zero-order valence-corrected chi connectivity index (χ0v) is 12.6. The van der Waals surface area contributed by atoms with Crippen molar-refractivity contribution in [2.75, 3.05) is 12.4 Å². The Kier molecular flexibility index (Phi) is 4.56. The standard InChI is InChI=1S/C14H13BrClNO2/c1-19-14-5-2-9(6-13(14)18)8-17-12-4-3-10(15)7-11(12)16/h2-7,17-18H,8H2,1H3. The lowest BCUT2D eigenvalue weighted by Gasteiger charge is -2.10. The Morgan fingerprint density at radius 2 is 2.05 bits per heavy atom. The van der Waals surface area contributed by atoms with Crippen molar-refractivity contribution in [2.45, 2.75) is 6.54 Å². The molecule has 19 heavy (non-hydrogen) atoms. The minimum absolute atomic E-state index is 0.128. The second-order valence-corrected chi connectivity index (χ2v) is 5.31. The van der Waals surface area contributed by atoms with Gasteiger partial charge in [-0.05, 0) is 35.9 Å². The highest BCUT2D eigenvalue weighted by molar-refractivity contribution is 9.10. The first-order valence-corrected chi connectivity index (χ1v) is 6.82. The minimum Gasteiger partial charge on any atom is -0.504 e. The van der Waals surface area contributed by atoms with Crippen LogP contribution in [0.15, 0.2) is 40.9 Å². The van der Waals surface area contributed by atoms with Crippen LogP contribution in [0.5, 0.6) is 11.5 Å². The average molecular weight is 343 g/mol. The molecule has 0 aliphatic rings. The van der Waals surface area contributed by atoms with Crippen molar-refractivity contribution in [3.63, 3.8) is 0 Å². The quantitative estimate of drug-likeness (QED) is 0.863. The van der Waals surface area contributed by atoms with Crippen LogP contribution in [0.4, 0.5) is 5.69 Å². The van der Waals surface area contributed by atoms with Crippen LogP contribution in [0.3, 0.4) is 0 Å². The van der Waals surface area contributed by atoms with Crippen LogP contribution < -0.4 is 10.1 Å². The van der Waals surface area contributed by atoms with E-state index in [9.17, 15) is 5.11 Å². The number of benzene rings is 2. The zero-order valence-electron chi connectivity index (χ0n) is 10.3. The largest absolute Gasteiger partial charge is 0.504 e. The lowest BCUT2D eigenvalue weighted by atomic mass is 10.2. The van der Waals surface area contributed by atoms with Gasteiger partial charge in [-0.3, -0.25) is 0 Å². The molecule has 0 heterocycles. The number of hydrogen-bond donors (Lipinski definition) is 2. The van der Waals surface area contributed by atoms with Crippen LogP contribution in [-0.4, -0.2) is 12.2 Å². The van der Waals surface area contributed by atoms with E-state index in [4.69, 9.17) is 16.3 Å². The Balaban J connectivity index is 2.08. The summed E-state index contributed by atoms with van der Waals surface area (Å²) in [6, 6.07) is 10.9. The molecule has 2 rings (SSSR count). The Hall–Kier alpha value is -1.39. The van der Waals surface area contributed by atoms with Gasteiger partial charge in [-0.1, -0.05) is 33.6 Å². The topological polar surface area (TPSA) is 41.5 Å². The molecule has 0 fully saturated rings. The summed E-state index contributed by atoms with van der Waals surface area (Å²) in [4.78, 5) is 0. The minimum atomic E-state index is 0.128. The van der Waals surface area contributed by atoms with Gasteiger partial charge in [0.25, 0.3) is 0 Å². The van der Waals surface area contributed by atoms with Crippen molar-refractivity contribution in [3.8, 4) is 11.5 Å². The van der Waals surface area contributed by atoms with Crippen molar-refractivity contribution < 1.29 is 9.84 Å². The van der Waals surface area contributed by atoms with Crippen molar-refractivity contribution >= 4 is 33.2 Å². The Morgan fingerprint density at radius 1 is 1.26 bits per heavy atom. The fraction of sp³-hybridized carbons (Fsp3) is 0.143. The van der Waals surface area contributed by atoms with Crippen LogP contribution in [0.25, 0.3) is 0 Å². The maximum absolute atomic E-state index is 9.69. The number of phenolic OH excluding ortho intramolecular Hbond substituents is 1. The maximum atomic E-state index is 9.69. The normalized spacial score (nSPS) is 10.3. The van der Waals surface area contributed by atoms with Crippen molar-refractivity contribution in [1.82, 2.24) is 0 Å². The molecule has 0 bridgehead atoms. The van der Waals surface area contributed by atoms with E-state index in [0.29, 0.717) is 17.3 Å². The third kappa shape index (κ3) is 3.55. The molecule has 5 heteroatoms. The lowest BCUT2D eigenvalue weighted by Crippen LogP contribution is -2.00. The van der Waals surface area contributed by atoms with Crippen LogP contribution in [0.2, 0.25) is 5.02 Å². The summed E-state index contributed by atoms with van der Waals surface area (Å²) in [6.07, 6.45) is 0. The molecule has 0 radical (unpaired) electrons. The first-order valence-electron chi connectivity index (χ1n) is 5.65. The van der Waals surface area contributed by atoms with Crippen LogP contribution in [0, 0.1) is 0 Å². The first-order chi connectivity index (χ1) is 9.10. The predicted octanol–water partition coefficient (Wildman–Crippen LogP) is 4.43. The number of rotatable bonds is 4. The van der Waals surface area contributed by atoms with Crippen LogP contribution in [0.1, 0.15) is 5.56 Å².